The van der Waals surface area contributed by atoms with Crippen LogP contribution in [-0.4, -0.2) is 23.7 Å². The highest BCUT2D eigenvalue weighted by atomic mass is 35.5. The van der Waals surface area contributed by atoms with E-state index in [1.54, 1.807) is 24.4 Å². The molecule has 7 heteroatoms. The van der Waals surface area contributed by atoms with Crippen LogP contribution in [0.5, 0.6) is 11.5 Å². The fraction of sp³-hybridized carbons (Fsp3) is 0.217. The molecule has 2 heterocycles. The smallest absolute Gasteiger partial charge is 0.263 e. The van der Waals surface area contributed by atoms with Crippen LogP contribution in [0.2, 0.25) is 5.02 Å². The quantitative estimate of drug-likeness (QED) is 0.678. The van der Waals surface area contributed by atoms with Crippen LogP contribution in [0.1, 0.15) is 27.9 Å². The van der Waals surface area contributed by atoms with Crippen molar-refractivity contribution in [1.29, 1.82) is 0 Å². The lowest BCUT2D eigenvalue weighted by Gasteiger charge is -2.12. The fourth-order valence-electron chi connectivity index (χ4n) is 3.28. The second-order valence-corrected chi connectivity index (χ2v) is 7.39. The Balaban J connectivity index is 1.48. The van der Waals surface area contributed by atoms with E-state index in [0.717, 1.165) is 17.5 Å². The number of amides is 1. The highest BCUT2D eigenvalue weighted by Crippen LogP contribution is 2.37. The molecule has 154 valence electrons. The third-order valence-electron chi connectivity index (χ3n) is 4.78. The lowest BCUT2D eigenvalue weighted by atomic mass is 10.2. The number of halogens is 1. The summed E-state index contributed by atoms with van der Waals surface area (Å²) in [6.45, 7) is 1.71. The maximum atomic E-state index is 12.8. The first kappa shape index (κ1) is 20.0. The van der Waals surface area contributed by atoms with Crippen molar-refractivity contribution in [2.75, 3.05) is 13.2 Å². The highest BCUT2D eigenvalue weighted by molar-refractivity contribution is 6.32. The largest absolute Gasteiger partial charge is 0.489 e. The van der Waals surface area contributed by atoms with Crippen LogP contribution in [0, 0.1) is 0 Å². The Labute approximate surface area is 179 Å². The number of carbonyl (C=O) groups excluding carboxylic acids is 1. The van der Waals surface area contributed by atoms with Gasteiger partial charge in [0, 0.05) is 19.2 Å². The zero-order valence-electron chi connectivity index (χ0n) is 16.3. The van der Waals surface area contributed by atoms with Crippen molar-refractivity contribution in [3.63, 3.8) is 0 Å². The number of fused-ring (bicyclic) bond motifs is 1. The second-order valence-electron chi connectivity index (χ2n) is 6.98. The van der Waals surface area contributed by atoms with Crippen molar-refractivity contribution < 1.29 is 14.3 Å². The Morgan fingerprint density at radius 2 is 1.83 bits per heavy atom. The molecule has 1 amide bonds. The minimum absolute atomic E-state index is 0.0915. The van der Waals surface area contributed by atoms with Gasteiger partial charge in [-0.3, -0.25) is 9.59 Å². The van der Waals surface area contributed by atoms with E-state index in [2.05, 4.69) is 5.32 Å². The molecule has 30 heavy (non-hydrogen) atoms. The molecule has 4 rings (SSSR count). The van der Waals surface area contributed by atoms with E-state index < -0.39 is 5.91 Å². The molecule has 0 radical (unpaired) electrons. The predicted octanol–water partition coefficient (Wildman–Crippen LogP) is 3.64. The molecular formula is C23H21ClN2O4. The van der Waals surface area contributed by atoms with Gasteiger partial charge in [0.2, 0.25) is 0 Å². The predicted molar refractivity (Wildman–Crippen MR) is 114 cm³/mol. The Kier molecular flexibility index (Phi) is 6.05. The molecule has 6 nitrogen and oxygen atoms in total. The molecule has 0 saturated carbocycles. The van der Waals surface area contributed by atoms with Crippen LogP contribution in [-0.2, 0) is 13.1 Å². The van der Waals surface area contributed by atoms with Crippen molar-refractivity contribution in [3.8, 4) is 11.5 Å². The maximum Gasteiger partial charge on any atom is 0.263 e. The minimum atomic E-state index is -0.439. The molecule has 0 spiro atoms. The first-order valence-electron chi connectivity index (χ1n) is 9.71. The van der Waals surface area contributed by atoms with Gasteiger partial charge in [0.05, 0.1) is 24.8 Å². The zero-order valence-corrected chi connectivity index (χ0v) is 17.0. The first-order valence-corrected chi connectivity index (χ1v) is 10.1. The summed E-state index contributed by atoms with van der Waals surface area (Å²) in [6.07, 6.45) is 2.45. The number of pyridine rings is 1. The number of nitrogens with zero attached hydrogens (tertiary/aromatic N) is 1. The summed E-state index contributed by atoms with van der Waals surface area (Å²) >= 11 is 6.30. The van der Waals surface area contributed by atoms with Gasteiger partial charge in [-0.05, 0) is 35.4 Å². The molecule has 0 fully saturated rings. The summed E-state index contributed by atoms with van der Waals surface area (Å²) in [4.78, 5) is 25.4. The van der Waals surface area contributed by atoms with E-state index in [9.17, 15) is 9.59 Å². The summed E-state index contributed by atoms with van der Waals surface area (Å²) in [7, 11) is 0. The molecule has 2 aromatic carbocycles. The molecule has 1 aliphatic rings. The van der Waals surface area contributed by atoms with E-state index in [-0.39, 0.29) is 17.7 Å². The number of ether oxygens (including phenoxy) is 2. The summed E-state index contributed by atoms with van der Waals surface area (Å²) in [6, 6.07) is 16.4. The van der Waals surface area contributed by atoms with E-state index in [0.29, 0.717) is 36.3 Å². The Morgan fingerprint density at radius 1 is 1.03 bits per heavy atom. The van der Waals surface area contributed by atoms with Crippen molar-refractivity contribution in [2.24, 2.45) is 0 Å². The Hall–Kier alpha value is -3.25. The fourth-order valence-corrected chi connectivity index (χ4v) is 3.57. The van der Waals surface area contributed by atoms with Gasteiger partial charge in [-0.1, -0.05) is 41.9 Å². The third-order valence-corrected chi connectivity index (χ3v) is 5.06. The van der Waals surface area contributed by atoms with Crippen LogP contribution in [0.4, 0.5) is 0 Å². The molecular weight excluding hydrogens is 404 g/mol. The minimum Gasteiger partial charge on any atom is -0.489 e. The molecule has 0 bridgehead atoms. The maximum absolute atomic E-state index is 12.8. The van der Waals surface area contributed by atoms with E-state index >= 15 is 0 Å². The number of rotatable bonds is 5. The molecule has 0 saturated heterocycles. The summed E-state index contributed by atoms with van der Waals surface area (Å²) in [5.41, 5.74) is 1.50. The van der Waals surface area contributed by atoms with Crippen molar-refractivity contribution >= 4 is 17.5 Å². The Bertz CT molecular complexity index is 1110. The average Bonchev–Trinajstić information content (AvgIpc) is 3.00. The number of hydrogen-bond donors (Lipinski definition) is 1. The average molecular weight is 425 g/mol. The number of hydrogen-bond acceptors (Lipinski definition) is 4. The topological polar surface area (TPSA) is 69.6 Å². The van der Waals surface area contributed by atoms with Crippen LogP contribution in [0.3, 0.4) is 0 Å². The molecule has 0 atom stereocenters. The monoisotopic (exact) mass is 424 g/mol. The SMILES string of the molecule is O=C(NCc1cc(Cl)c2c(c1)OCCCO2)c1cccn(Cc2ccccc2)c1=O. The standard InChI is InChI=1S/C23H21ClN2O4/c24-19-12-17(13-20-21(19)30-11-5-10-29-20)14-25-22(27)18-8-4-9-26(23(18)28)15-16-6-2-1-3-7-16/h1-4,6-9,12-13H,5,10-11,14-15H2,(H,25,27). The normalized spacial score (nSPS) is 12.8. The van der Waals surface area contributed by atoms with Gasteiger partial charge in [-0.15, -0.1) is 0 Å². The lowest BCUT2D eigenvalue weighted by molar-refractivity contribution is 0.0948. The van der Waals surface area contributed by atoms with Gasteiger partial charge in [0.15, 0.2) is 11.5 Å². The number of nitrogens with one attached hydrogen (secondary N) is 1. The molecule has 1 aliphatic heterocycles. The highest BCUT2D eigenvalue weighted by Gasteiger charge is 2.17. The summed E-state index contributed by atoms with van der Waals surface area (Å²) < 4.78 is 12.8. The van der Waals surface area contributed by atoms with Crippen LogP contribution >= 0.6 is 11.6 Å². The molecule has 0 unspecified atom stereocenters. The number of carbonyl (C=O) groups is 1. The van der Waals surface area contributed by atoms with Crippen molar-refractivity contribution in [3.05, 3.63) is 92.9 Å². The summed E-state index contributed by atoms with van der Waals surface area (Å²) in [5.74, 6) is 0.649. The summed E-state index contributed by atoms with van der Waals surface area (Å²) in [5, 5.41) is 3.22. The van der Waals surface area contributed by atoms with Gasteiger partial charge >= 0.3 is 0 Å². The van der Waals surface area contributed by atoms with Gasteiger partial charge in [-0.25, -0.2) is 0 Å². The number of aromatic nitrogens is 1. The van der Waals surface area contributed by atoms with Gasteiger partial charge < -0.3 is 19.4 Å². The number of benzene rings is 2. The van der Waals surface area contributed by atoms with Crippen LogP contribution < -0.4 is 20.3 Å². The molecule has 1 aromatic heterocycles. The second kappa shape index (κ2) is 9.05. The van der Waals surface area contributed by atoms with Crippen LogP contribution in [0.15, 0.2) is 65.6 Å². The lowest BCUT2D eigenvalue weighted by Crippen LogP contribution is -2.32. The molecule has 1 N–H and O–H groups in total. The van der Waals surface area contributed by atoms with E-state index in [1.165, 1.54) is 10.6 Å². The zero-order chi connectivity index (χ0) is 20.9. The Morgan fingerprint density at radius 3 is 2.67 bits per heavy atom. The molecule has 0 aliphatic carbocycles. The van der Waals surface area contributed by atoms with Gasteiger partial charge in [0.25, 0.3) is 11.5 Å². The molecule has 3 aromatic rings. The third kappa shape index (κ3) is 4.49. The van der Waals surface area contributed by atoms with E-state index in [1.807, 2.05) is 30.3 Å². The van der Waals surface area contributed by atoms with Gasteiger partial charge in [0.1, 0.15) is 5.56 Å². The van der Waals surface area contributed by atoms with Crippen LogP contribution in [0.25, 0.3) is 0 Å². The van der Waals surface area contributed by atoms with Crippen molar-refractivity contribution in [2.45, 2.75) is 19.5 Å². The van der Waals surface area contributed by atoms with E-state index in [4.69, 9.17) is 21.1 Å². The van der Waals surface area contributed by atoms with Crippen molar-refractivity contribution in [1.82, 2.24) is 9.88 Å². The first-order chi connectivity index (χ1) is 14.6. The van der Waals surface area contributed by atoms with Gasteiger partial charge in [-0.2, -0.15) is 0 Å².